The SMILES string of the molecule is CC(C)n1cc(NC(=O)NC(CC(=O)O)C(C)(C)C)cn1. The Morgan fingerprint density at radius 2 is 2.00 bits per heavy atom. The van der Waals surface area contributed by atoms with Crippen LogP contribution in [0.5, 0.6) is 0 Å². The molecule has 1 atom stereocenters. The molecule has 0 spiro atoms. The lowest BCUT2D eigenvalue weighted by Crippen LogP contribution is -2.46. The zero-order valence-corrected chi connectivity index (χ0v) is 13.2. The van der Waals surface area contributed by atoms with Crippen molar-refractivity contribution in [2.75, 3.05) is 5.32 Å². The van der Waals surface area contributed by atoms with E-state index in [1.165, 1.54) is 0 Å². The first-order valence-electron chi connectivity index (χ1n) is 6.93. The monoisotopic (exact) mass is 296 g/mol. The van der Waals surface area contributed by atoms with Crippen LogP contribution in [0.2, 0.25) is 0 Å². The second-order valence-corrected chi connectivity index (χ2v) is 6.42. The van der Waals surface area contributed by atoms with Gasteiger partial charge in [0.15, 0.2) is 0 Å². The number of hydrogen-bond acceptors (Lipinski definition) is 3. The molecule has 0 aliphatic rings. The highest BCUT2D eigenvalue weighted by atomic mass is 16.4. The van der Waals surface area contributed by atoms with Crippen molar-refractivity contribution in [2.45, 2.75) is 53.1 Å². The van der Waals surface area contributed by atoms with Crippen molar-refractivity contribution in [2.24, 2.45) is 5.41 Å². The standard InChI is InChI=1S/C14H24N4O3/c1-9(2)18-8-10(7-15-18)16-13(21)17-11(6-12(19)20)14(3,4)5/h7-9,11H,6H2,1-5H3,(H,19,20)(H2,16,17,21). The van der Waals surface area contributed by atoms with E-state index in [4.69, 9.17) is 5.11 Å². The number of nitrogens with one attached hydrogen (secondary N) is 2. The highest BCUT2D eigenvalue weighted by Crippen LogP contribution is 2.22. The Morgan fingerprint density at radius 3 is 2.43 bits per heavy atom. The van der Waals surface area contributed by atoms with E-state index in [1.54, 1.807) is 17.1 Å². The van der Waals surface area contributed by atoms with Crippen LogP contribution in [0.4, 0.5) is 10.5 Å². The summed E-state index contributed by atoms with van der Waals surface area (Å²) in [4.78, 5) is 22.9. The number of carboxylic acids is 1. The maximum Gasteiger partial charge on any atom is 0.319 e. The fourth-order valence-corrected chi connectivity index (χ4v) is 1.76. The number of amides is 2. The third-order valence-electron chi connectivity index (χ3n) is 3.12. The average molecular weight is 296 g/mol. The zero-order valence-electron chi connectivity index (χ0n) is 13.2. The molecule has 7 nitrogen and oxygen atoms in total. The highest BCUT2D eigenvalue weighted by Gasteiger charge is 2.28. The summed E-state index contributed by atoms with van der Waals surface area (Å²) in [6, 6.07) is -0.687. The minimum atomic E-state index is -0.942. The summed E-state index contributed by atoms with van der Waals surface area (Å²) in [7, 11) is 0. The van der Waals surface area contributed by atoms with Gasteiger partial charge in [-0.1, -0.05) is 20.8 Å². The molecule has 1 rings (SSSR count). The second-order valence-electron chi connectivity index (χ2n) is 6.42. The molecule has 0 aromatic carbocycles. The summed E-state index contributed by atoms with van der Waals surface area (Å²) in [6.45, 7) is 9.63. The van der Waals surface area contributed by atoms with Gasteiger partial charge in [-0.15, -0.1) is 0 Å². The van der Waals surface area contributed by atoms with E-state index >= 15 is 0 Å². The van der Waals surface area contributed by atoms with E-state index in [1.807, 2.05) is 34.6 Å². The number of carboxylic acid groups (broad SMARTS) is 1. The van der Waals surface area contributed by atoms with E-state index in [2.05, 4.69) is 15.7 Å². The number of carbonyl (C=O) groups is 2. The van der Waals surface area contributed by atoms with Crippen molar-refractivity contribution in [1.82, 2.24) is 15.1 Å². The van der Waals surface area contributed by atoms with Crippen molar-refractivity contribution in [1.29, 1.82) is 0 Å². The first kappa shape index (κ1) is 17.0. The summed E-state index contributed by atoms with van der Waals surface area (Å²) in [6.07, 6.45) is 3.17. The molecule has 0 saturated heterocycles. The van der Waals surface area contributed by atoms with Crippen LogP contribution in [0.25, 0.3) is 0 Å². The van der Waals surface area contributed by atoms with Gasteiger partial charge >= 0.3 is 12.0 Å². The fraction of sp³-hybridized carbons (Fsp3) is 0.643. The molecule has 0 saturated carbocycles. The number of rotatable bonds is 5. The van der Waals surface area contributed by atoms with Crippen LogP contribution < -0.4 is 10.6 Å². The Labute approximate surface area is 124 Å². The third kappa shape index (κ3) is 5.45. The largest absolute Gasteiger partial charge is 0.481 e. The van der Waals surface area contributed by atoms with Gasteiger partial charge in [0.2, 0.25) is 0 Å². The number of aliphatic carboxylic acids is 1. The van der Waals surface area contributed by atoms with Crippen LogP contribution in [0.3, 0.4) is 0 Å². The molecule has 2 amide bonds. The molecule has 0 aliphatic carbocycles. The summed E-state index contributed by atoms with van der Waals surface area (Å²) in [5, 5.41) is 18.4. The Morgan fingerprint density at radius 1 is 1.38 bits per heavy atom. The number of urea groups is 1. The summed E-state index contributed by atoms with van der Waals surface area (Å²) in [5.74, 6) is -0.942. The van der Waals surface area contributed by atoms with Gasteiger partial charge in [-0.05, 0) is 19.3 Å². The van der Waals surface area contributed by atoms with Crippen LogP contribution in [0, 0.1) is 5.41 Å². The molecule has 1 heterocycles. The maximum atomic E-state index is 12.0. The van der Waals surface area contributed by atoms with Crippen molar-refractivity contribution in [3.63, 3.8) is 0 Å². The minimum absolute atomic E-state index is 0.123. The van der Waals surface area contributed by atoms with Gasteiger partial charge < -0.3 is 15.7 Å². The van der Waals surface area contributed by atoms with Gasteiger partial charge in [-0.2, -0.15) is 5.10 Å². The van der Waals surface area contributed by atoms with E-state index in [-0.39, 0.29) is 17.9 Å². The molecule has 1 aromatic rings. The molecule has 21 heavy (non-hydrogen) atoms. The van der Waals surface area contributed by atoms with E-state index < -0.39 is 18.0 Å². The lowest BCUT2D eigenvalue weighted by Gasteiger charge is -2.30. The topological polar surface area (TPSA) is 96.2 Å². The van der Waals surface area contributed by atoms with Gasteiger partial charge in [0.25, 0.3) is 0 Å². The molecule has 3 N–H and O–H groups in total. The molecule has 1 unspecified atom stereocenters. The molecule has 7 heteroatoms. The predicted octanol–water partition coefficient (Wildman–Crippen LogP) is 2.47. The first-order valence-corrected chi connectivity index (χ1v) is 6.93. The van der Waals surface area contributed by atoms with Crippen molar-refractivity contribution in [3.05, 3.63) is 12.4 Å². The molecule has 0 radical (unpaired) electrons. The van der Waals surface area contributed by atoms with Crippen LogP contribution in [0.15, 0.2) is 12.4 Å². The van der Waals surface area contributed by atoms with Crippen LogP contribution in [-0.2, 0) is 4.79 Å². The van der Waals surface area contributed by atoms with Gasteiger partial charge in [0, 0.05) is 18.3 Å². The maximum absolute atomic E-state index is 12.0. The van der Waals surface area contributed by atoms with Crippen molar-refractivity contribution in [3.8, 4) is 0 Å². The molecular formula is C14H24N4O3. The molecule has 0 bridgehead atoms. The highest BCUT2D eigenvalue weighted by molar-refractivity contribution is 5.89. The fourth-order valence-electron chi connectivity index (χ4n) is 1.76. The molecular weight excluding hydrogens is 272 g/mol. The van der Waals surface area contributed by atoms with E-state index in [0.717, 1.165) is 0 Å². The minimum Gasteiger partial charge on any atom is -0.481 e. The quantitative estimate of drug-likeness (QED) is 0.777. The van der Waals surface area contributed by atoms with Crippen LogP contribution in [-0.4, -0.2) is 32.9 Å². The number of carbonyl (C=O) groups excluding carboxylic acids is 1. The lowest BCUT2D eigenvalue weighted by atomic mass is 9.85. The zero-order chi connectivity index (χ0) is 16.2. The first-order chi connectivity index (χ1) is 9.59. The van der Waals surface area contributed by atoms with E-state index in [0.29, 0.717) is 5.69 Å². The van der Waals surface area contributed by atoms with Crippen LogP contribution in [0.1, 0.15) is 47.1 Å². The summed E-state index contributed by atoms with van der Waals surface area (Å²) >= 11 is 0. The Bertz CT molecular complexity index is 503. The predicted molar refractivity (Wildman–Crippen MR) is 80.3 cm³/mol. The van der Waals surface area contributed by atoms with Crippen LogP contribution >= 0.6 is 0 Å². The van der Waals surface area contributed by atoms with E-state index in [9.17, 15) is 9.59 Å². The molecule has 1 aromatic heterocycles. The van der Waals surface area contributed by atoms with Gasteiger partial charge in [-0.25, -0.2) is 4.79 Å². The number of anilines is 1. The van der Waals surface area contributed by atoms with Crippen molar-refractivity contribution < 1.29 is 14.7 Å². The molecule has 118 valence electrons. The average Bonchev–Trinajstić information content (AvgIpc) is 2.74. The Balaban J connectivity index is 2.67. The number of hydrogen-bond donors (Lipinski definition) is 3. The third-order valence-corrected chi connectivity index (χ3v) is 3.12. The Kier molecular flexibility index (Phi) is 5.34. The second kappa shape index (κ2) is 6.60. The Hall–Kier alpha value is -2.05. The summed E-state index contributed by atoms with van der Waals surface area (Å²) < 4.78 is 1.73. The van der Waals surface area contributed by atoms with Crippen molar-refractivity contribution >= 4 is 17.7 Å². The van der Waals surface area contributed by atoms with Gasteiger partial charge in [-0.3, -0.25) is 9.48 Å². The molecule has 0 fully saturated rings. The normalized spacial score (nSPS) is 13.0. The number of aromatic nitrogens is 2. The van der Waals surface area contributed by atoms with Gasteiger partial charge in [0.1, 0.15) is 0 Å². The smallest absolute Gasteiger partial charge is 0.319 e. The molecule has 0 aliphatic heterocycles. The lowest BCUT2D eigenvalue weighted by molar-refractivity contribution is -0.138. The summed E-state index contributed by atoms with van der Waals surface area (Å²) in [5.41, 5.74) is 0.224. The van der Waals surface area contributed by atoms with Gasteiger partial charge in [0.05, 0.1) is 18.3 Å². The number of nitrogens with zero attached hydrogens (tertiary/aromatic N) is 2.